The molecular weight excluding hydrogens is 238 g/mol. The van der Waals surface area contributed by atoms with Gasteiger partial charge in [-0.2, -0.15) is 0 Å². The number of aryl methyl sites for hydroxylation is 2. The second kappa shape index (κ2) is 6.55. The lowest BCUT2D eigenvalue weighted by molar-refractivity contribution is 0.106. The molecule has 0 amide bonds. The molecule has 1 aromatic heterocycles. The number of ether oxygens (including phenoxy) is 1. The molecule has 2 N–H and O–H groups in total. The molecule has 0 aliphatic rings. The van der Waals surface area contributed by atoms with Gasteiger partial charge in [0.05, 0.1) is 0 Å². The van der Waals surface area contributed by atoms with Crippen LogP contribution in [-0.4, -0.2) is 13.2 Å². The Morgan fingerprint density at radius 1 is 1.11 bits per heavy atom. The van der Waals surface area contributed by atoms with Crippen molar-refractivity contribution < 1.29 is 9.15 Å². The van der Waals surface area contributed by atoms with Crippen LogP contribution in [0.25, 0.3) is 11.3 Å². The highest BCUT2D eigenvalue weighted by Gasteiger charge is 2.06. The van der Waals surface area contributed by atoms with E-state index in [9.17, 15) is 0 Å². The predicted octanol–water partition coefficient (Wildman–Crippen LogP) is 3.43. The van der Waals surface area contributed by atoms with Crippen LogP contribution < -0.4 is 5.73 Å². The van der Waals surface area contributed by atoms with Gasteiger partial charge >= 0.3 is 0 Å². The first-order valence-corrected chi connectivity index (χ1v) is 6.65. The number of hydrogen-bond acceptors (Lipinski definition) is 3. The number of benzene rings is 1. The lowest BCUT2D eigenvalue weighted by Gasteiger charge is -2.03. The van der Waals surface area contributed by atoms with Gasteiger partial charge < -0.3 is 14.9 Å². The van der Waals surface area contributed by atoms with E-state index >= 15 is 0 Å². The van der Waals surface area contributed by atoms with Crippen LogP contribution in [-0.2, 0) is 11.3 Å². The zero-order chi connectivity index (χ0) is 13.7. The third kappa shape index (κ3) is 3.69. The molecule has 2 aromatic rings. The van der Waals surface area contributed by atoms with E-state index in [1.165, 1.54) is 11.1 Å². The Labute approximate surface area is 114 Å². The highest BCUT2D eigenvalue weighted by atomic mass is 16.5. The maximum atomic E-state index is 5.79. The SMILES string of the molecule is Cc1ccc(-c2ccc(COCCCN)o2)cc1C. The molecule has 0 radical (unpaired) electrons. The van der Waals surface area contributed by atoms with Crippen molar-refractivity contribution in [1.29, 1.82) is 0 Å². The Morgan fingerprint density at radius 3 is 2.68 bits per heavy atom. The minimum absolute atomic E-state index is 0.505. The van der Waals surface area contributed by atoms with Crippen molar-refractivity contribution in [3.05, 3.63) is 47.2 Å². The van der Waals surface area contributed by atoms with Gasteiger partial charge in [0.2, 0.25) is 0 Å². The molecule has 3 nitrogen and oxygen atoms in total. The monoisotopic (exact) mass is 259 g/mol. The average Bonchev–Trinajstić information content (AvgIpc) is 2.87. The lowest BCUT2D eigenvalue weighted by atomic mass is 10.1. The van der Waals surface area contributed by atoms with Gasteiger partial charge in [-0.3, -0.25) is 0 Å². The molecule has 19 heavy (non-hydrogen) atoms. The zero-order valence-electron chi connectivity index (χ0n) is 11.6. The molecule has 0 saturated heterocycles. The Bertz CT molecular complexity index is 531. The van der Waals surface area contributed by atoms with E-state index in [2.05, 4.69) is 32.0 Å². The highest BCUT2D eigenvalue weighted by Crippen LogP contribution is 2.24. The number of rotatable bonds is 6. The van der Waals surface area contributed by atoms with Crippen LogP contribution in [0.3, 0.4) is 0 Å². The van der Waals surface area contributed by atoms with Gasteiger partial charge in [0.1, 0.15) is 18.1 Å². The van der Waals surface area contributed by atoms with Crippen molar-refractivity contribution in [2.75, 3.05) is 13.2 Å². The molecule has 0 fully saturated rings. The van der Waals surface area contributed by atoms with Gasteiger partial charge in [-0.25, -0.2) is 0 Å². The Balaban J connectivity index is 2.01. The van der Waals surface area contributed by atoms with Crippen LogP contribution in [0.5, 0.6) is 0 Å². The summed E-state index contributed by atoms with van der Waals surface area (Å²) < 4.78 is 11.3. The first-order valence-electron chi connectivity index (χ1n) is 6.65. The highest BCUT2D eigenvalue weighted by molar-refractivity contribution is 5.59. The van der Waals surface area contributed by atoms with Crippen LogP contribution >= 0.6 is 0 Å². The van der Waals surface area contributed by atoms with E-state index in [4.69, 9.17) is 14.9 Å². The van der Waals surface area contributed by atoms with Gasteiger partial charge in [0.25, 0.3) is 0 Å². The molecule has 3 heteroatoms. The van der Waals surface area contributed by atoms with Crippen molar-refractivity contribution in [3.63, 3.8) is 0 Å². The van der Waals surface area contributed by atoms with Crippen LogP contribution in [0.15, 0.2) is 34.7 Å². The molecular formula is C16H21NO2. The fraction of sp³-hybridized carbons (Fsp3) is 0.375. The van der Waals surface area contributed by atoms with Crippen LogP contribution in [0.4, 0.5) is 0 Å². The first-order chi connectivity index (χ1) is 9.20. The summed E-state index contributed by atoms with van der Waals surface area (Å²) in [5.41, 5.74) is 9.08. The molecule has 0 atom stereocenters. The van der Waals surface area contributed by atoms with Crippen molar-refractivity contribution in [3.8, 4) is 11.3 Å². The van der Waals surface area contributed by atoms with Crippen LogP contribution in [0, 0.1) is 13.8 Å². The molecule has 2 rings (SSSR count). The molecule has 1 heterocycles. The molecule has 1 aromatic carbocycles. The summed E-state index contributed by atoms with van der Waals surface area (Å²) in [6.45, 7) is 6.06. The summed E-state index contributed by atoms with van der Waals surface area (Å²) >= 11 is 0. The molecule has 0 aliphatic heterocycles. The number of nitrogens with two attached hydrogens (primary N) is 1. The van der Waals surface area contributed by atoms with Gasteiger partial charge in [-0.15, -0.1) is 0 Å². The van der Waals surface area contributed by atoms with Crippen molar-refractivity contribution >= 4 is 0 Å². The summed E-state index contributed by atoms with van der Waals surface area (Å²) in [4.78, 5) is 0. The minimum Gasteiger partial charge on any atom is -0.459 e. The fourth-order valence-corrected chi connectivity index (χ4v) is 1.86. The molecule has 0 spiro atoms. The van der Waals surface area contributed by atoms with E-state index < -0.39 is 0 Å². The smallest absolute Gasteiger partial charge is 0.134 e. The Morgan fingerprint density at radius 2 is 1.95 bits per heavy atom. The van der Waals surface area contributed by atoms with E-state index in [0.717, 1.165) is 23.5 Å². The van der Waals surface area contributed by atoms with Gasteiger partial charge in [-0.1, -0.05) is 12.1 Å². The van der Waals surface area contributed by atoms with E-state index in [-0.39, 0.29) is 0 Å². The third-order valence-corrected chi connectivity index (χ3v) is 3.19. The van der Waals surface area contributed by atoms with E-state index in [1.807, 2.05) is 12.1 Å². The van der Waals surface area contributed by atoms with Gasteiger partial charge in [0, 0.05) is 12.2 Å². The summed E-state index contributed by atoms with van der Waals surface area (Å²) in [6, 6.07) is 10.3. The molecule has 0 saturated carbocycles. The second-order valence-electron chi connectivity index (χ2n) is 4.76. The zero-order valence-corrected chi connectivity index (χ0v) is 11.6. The predicted molar refractivity (Wildman–Crippen MR) is 76.9 cm³/mol. The second-order valence-corrected chi connectivity index (χ2v) is 4.76. The number of furan rings is 1. The van der Waals surface area contributed by atoms with Crippen LogP contribution in [0.1, 0.15) is 23.3 Å². The van der Waals surface area contributed by atoms with E-state index in [1.54, 1.807) is 0 Å². The summed E-state index contributed by atoms with van der Waals surface area (Å²) in [7, 11) is 0. The first kappa shape index (κ1) is 13.8. The number of hydrogen-bond donors (Lipinski definition) is 1. The Hall–Kier alpha value is -1.58. The normalized spacial score (nSPS) is 10.9. The van der Waals surface area contributed by atoms with Gasteiger partial charge in [-0.05, 0) is 56.1 Å². The fourth-order valence-electron chi connectivity index (χ4n) is 1.86. The lowest BCUT2D eigenvalue weighted by Crippen LogP contribution is -2.03. The average molecular weight is 259 g/mol. The molecule has 0 unspecified atom stereocenters. The molecule has 102 valence electrons. The molecule has 0 aliphatic carbocycles. The summed E-state index contributed by atoms with van der Waals surface area (Å²) in [5, 5.41) is 0. The summed E-state index contributed by atoms with van der Waals surface area (Å²) in [6.07, 6.45) is 0.880. The van der Waals surface area contributed by atoms with Crippen molar-refractivity contribution in [2.45, 2.75) is 26.9 Å². The van der Waals surface area contributed by atoms with Crippen molar-refractivity contribution in [2.24, 2.45) is 5.73 Å². The molecule has 0 bridgehead atoms. The standard InChI is InChI=1S/C16H21NO2/c1-12-4-5-14(10-13(12)2)16-7-6-15(19-16)11-18-9-3-8-17/h4-7,10H,3,8-9,11,17H2,1-2H3. The Kier molecular flexibility index (Phi) is 4.77. The topological polar surface area (TPSA) is 48.4 Å². The minimum atomic E-state index is 0.505. The van der Waals surface area contributed by atoms with Crippen molar-refractivity contribution in [1.82, 2.24) is 0 Å². The maximum Gasteiger partial charge on any atom is 0.134 e. The third-order valence-electron chi connectivity index (χ3n) is 3.19. The maximum absolute atomic E-state index is 5.79. The van der Waals surface area contributed by atoms with E-state index in [0.29, 0.717) is 19.8 Å². The largest absolute Gasteiger partial charge is 0.459 e. The quantitative estimate of drug-likeness (QED) is 0.808. The summed E-state index contributed by atoms with van der Waals surface area (Å²) in [5.74, 6) is 1.74. The van der Waals surface area contributed by atoms with Gasteiger partial charge in [0.15, 0.2) is 0 Å². The van der Waals surface area contributed by atoms with Crippen LogP contribution in [0.2, 0.25) is 0 Å².